The molecule has 0 fully saturated rings. The maximum atomic E-state index is 9.01. The summed E-state index contributed by atoms with van der Waals surface area (Å²) < 4.78 is 2.15. The topological polar surface area (TPSA) is 41.6 Å². The smallest absolute Gasteiger partial charge is 0.123 e. The predicted molar refractivity (Wildman–Crippen MR) is 84.2 cm³/mol. The Hall–Kier alpha value is -2.25. The number of imidazole rings is 1. The third kappa shape index (κ3) is 1.93. The van der Waals surface area contributed by atoms with E-state index < -0.39 is 0 Å². The Morgan fingerprint density at radius 1 is 1.29 bits per heavy atom. The Morgan fingerprint density at radius 3 is 2.95 bits per heavy atom. The van der Waals surface area contributed by atoms with Crippen LogP contribution in [0.4, 0.5) is 0 Å². The average Bonchev–Trinajstić information content (AvgIpc) is 3.08. The first kappa shape index (κ1) is 12.5. The highest BCUT2D eigenvalue weighted by Gasteiger charge is 2.27. The molecule has 1 atom stereocenters. The standard InChI is InChI=1S/C17H13N3S/c1-20-14-7-6-11(10-18)8-13(14)19-17(20)16-9-12-4-2-3-5-15(12)21-16/h2-8,16H,9H2,1H3. The molecule has 1 aromatic heterocycles. The van der Waals surface area contributed by atoms with E-state index in [1.54, 1.807) is 0 Å². The second kappa shape index (κ2) is 4.64. The summed E-state index contributed by atoms with van der Waals surface area (Å²) in [6.45, 7) is 0. The van der Waals surface area contributed by atoms with Crippen molar-refractivity contribution in [3.05, 3.63) is 59.4 Å². The molecule has 3 nitrogen and oxygen atoms in total. The lowest BCUT2D eigenvalue weighted by atomic mass is 10.1. The van der Waals surface area contributed by atoms with Crippen LogP contribution in [-0.2, 0) is 13.5 Å². The van der Waals surface area contributed by atoms with E-state index >= 15 is 0 Å². The Balaban J connectivity index is 1.79. The highest BCUT2D eigenvalue weighted by molar-refractivity contribution is 7.99. The van der Waals surface area contributed by atoms with Crippen LogP contribution in [0.5, 0.6) is 0 Å². The van der Waals surface area contributed by atoms with Gasteiger partial charge in [-0.25, -0.2) is 4.98 Å². The van der Waals surface area contributed by atoms with Gasteiger partial charge in [-0.15, -0.1) is 11.8 Å². The molecule has 4 heteroatoms. The van der Waals surface area contributed by atoms with Crippen LogP contribution in [0, 0.1) is 11.3 Å². The van der Waals surface area contributed by atoms with E-state index in [1.165, 1.54) is 10.5 Å². The zero-order valence-electron chi connectivity index (χ0n) is 11.6. The van der Waals surface area contributed by atoms with Crippen LogP contribution in [0.25, 0.3) is 11.0 Å². The van der Waals surface area contributed by atoms with E-state index in [1.807, 2.05) is 30.0 Å². The van der Waals surface area contributed by atoms with Crippen molar-refractivity contribution in [2.45, 2.75) is 16.6 Å². The number of aromatic nitrogens is 2. The Kier molecular flexibility index (Phi) is 2.76. The largest absolute Gasteiger partial charge is 0.330 e. The molecule has 0 bridgehead atoms. The predicted octanol–water partition coefficient (Wildman–Crippen LogP) is 3.83. The van der Waals surface area contributed by atoms with Crippen LogP contribution >= 0.6 is 11.8 Å². The summed E-state index contributed by atoms with van der Waals surface area (Å²) in [5.41, 5.74) is 4.05. The molecule has 102 valence electrons. The minimum atomic E-state index is 0.352. The fraction of sp³-hybridized carbons (Fsp3) is 0.176. The van der Waals surface area contributed by atoms with Crippen molar-refractivity contribution < 1.29 is 0 Å². The maximum Gasteiger partial charge on any atom is 0.123 e. The third-order valence-corrected chi connectivity index (χ3v) is 5.29. The van der Waals surface area contributed by atoms with Gasteiger partial charge in [0.05, 0.1) is 27.9 Å². The summed E-state index contributed by atoms with van der Waals surface area (Å²) in [6, 6.07) is 16.4. The summed E-state index contributed by atoms with van der Waals surface area (Å²) >= 11 is 1.88. The molecule has 2 aromatic carbocycles. The quantitative estimate of drug-likeness (QED) is 0.684. The number of nitrogens with zero attached hydrogens (tertiary/aromatic N) is 3. The van der Waals surface area contributed by atoms with Crippen LogP contribution in [0.3, 0.4) is 0 Å². The van der Waals surface area contributed by atoms with Gasteiger partial charge in [0.1, 0.15) is 5.82 Å². The molecule has 1 unspecified atom stereocenters. The van der Waals surface area contributed by atoms with E-state index in [9.17, 15) is 0 Å². The zero-order valence-corrected chi connectivity index (χ0v) is 12.4. The lowest BCUT2D eigenvalue weighted by Gasteiger charge is -2.08. The number of rotatable bonds is 1. The lowest BCUT2D eigenvalue weighted by Crippen LogP contribution is -2.02. The maximum absolute atomic E-state index is 9.01. The fourth-order valence-electron chi connectivity index (χ4n) is 2.90. The number of hydrogen-bond donors (Lipinski definition) is 0. The number of aryl methyl sites for hydroxylation is 1. The molecule has 0 saturated carbocycles. The van der Waals surface area contributed by atoms with Gasteiger partial charge in [-0.05, 0) is 36.2 Å². The van der Waals surface area contributed by atoms with Crippen LogP contribution in [0.1, 0.15) is 22.2 Å². The molecular weight excluding hydrogens is 278 g/mol. The van der Waals surface area contributed by atoms with Crippen molar-refractivity contribution in [1.29, 1.82) is 5.26 Å². The van der Waals surface area contributed by atoms with Gasteiger partial charge >= 0.3 is 0 Å². The summed E-state index contributed by atoms with van der Waals surface area (Å²) in [5.74, 6) is 1.08. The molecule has 0 spiro atoms. The molecule has 0 amide bonds. The number of thioether (sulfide) groups is 1. The van der Waals surface area contributed by atoms with Crippen molar-refractivity contribution in [3.63, 3.8) is 0 Å². The molecule has 3 aromatic rings. The van der Waals surface area contributed by atoms with Gasteiger partial charge in [-0.2, -0.15) is 5.26 Å². The lowest BCUT2D eigenvalue weighted by molar-refractivity contribution is 0.781. The first-order valence-electron chi connectivity index (χ1n) is 6.87. The summed E-state index contributed by atoms with van der Waals surface area (Å²) in [5, 5.41) is 9.37. The SMILES string of the molecule is Cn1c(C2Cc3ccccc3S2)nc2cc(C#N)ccc21. The molecule has 0 saturated heterocycles. The van der Waals surface area contributed by atoms with Crippen molar-refractivity contribution in [2.24, 2.45) is 7.05 Å². The Labute approximate surface area is 127 Å². The van der Waals surface area contributed by atoms with Crippen molar-refractivity contribution in [3.8, 4) is 6.07 Å². The van der Waals surface area contributed by atoms with Crippen LogP contribution in [0.2, 0.25) is 0 Å². The van der Waals surface area contributed by atoms with E-state index in [2.05, 4.69) is 41.9 Å². The number of hydrogen-bond acceptors (Lipinski definition) is 3. The molecule has 1 aliphatic rings. The minimum Gasteiger partial charge on any atom is -0.330 e. The van der Waals surface area contributed by atoms with E-state index in [0.29, 0.717) is 10.8 Å². The fourth-order valence-corrected chi connectivity index (χ4v) is 4.25. The summed E-state index contributed by atoms with van der Waals surface area (Å²) in [4.78, 5) is 6.13. The van der Waals surface area contributed by atoms with Gasteiger partial charge in [0, 0.05) is 11.9 Å². The molecule has 21 heavy (non-hydrogen) atoms. The van der Waals surface area contributed by atoms with Gasteiger partial charge in [0.15, 0.2) is 0 Å². The van der Waals surface area contributed by atoms with Crippen LogP contribution in [0.15, 0.2) is 47.4 Å². The minimum absolute atomic E-state index is 0.352. The van der Waals surface area contributed by atoms with E-state index in [4.69, 9.17) is 10.2 Å². The van der Waals surface area contributed by atoms with E-state index in [-0.39, 0.29) is 0 Å². The second-order valence-electron chi connectivity index (χ2n) is 5.26. The van der Waals surface area contributed by atoms with Crippen molar-refractivity contribution in [1.82, 2.24) is 9.55 Å². The Morgan fingerprint density at radius 2 is 2.14 bits per heavy atom. The second-order valence-corrected chi connectivity index (χ2v) is 6.51. The molecule has 0 radical (unpaired) electrons. The molecular formula is C17H13N3S. The molecule has 2 heterocycles. The number of nitriles is 1. The third-order valence-electron chi connectivity index (χ3n) is 3.98. The van der Waals surface area contributed by atoms with Gasteiger partial charge in [-0.1, -0.05) is 18.2 Å². The monoisotopic (exact) mass is 291 g/mol. The zero-order chi connectivity index (χ0) is 14.4. The Bertz CT molecular complexity index is 864. The number of fused-ring (bicyclic) bond motifs is 2. The van der Waals surface area contributed by atoms with Gasteiger partial charge in [-0.3, -0.25) is 0 Å². The summed E-state index contributed by atoms with van der Waals surface area (Å²) in [7, 11) is 2.06. The van der Waals surface area contributed by atoms with Gasteiger partial charge in [0.2, 0.25) is 0 Å². The van der Waals surface area contributed by atoms with E-state index in [0.717, 1.165) is 23.3 Å². The first-order valence-corrected chi connectivity index (χ1v) is 7.75. The summed E-state index contributed by atoms with van der Waals surface area (Å²) in [6.07, 6.45) is 1.02. The van der Waals surface area contributed by atoms with Crippen LogP contribution in [-0.4, -0.2) is 9.55 Å². The molecule has 0 aliphatic carbocycles. The van der Waals surface area contributed by atoms with Crippen molar-refractivity contribution >= 4 is 22.8 Å². The van der Waals surface area contributed by atoms with Gasteiger partial charge in [0.25, 0.3) is 0 Å². The first-order chi connectivity index (χ1) is 10.3. The van der Waals surface area contributed by atoms with Crippen LogP contribution < -0.4 is 0 Å². The van der Waals surface area contributed by atoms with Gasteiger partial charge < -0.3 is 4.57 Å². The molecule has 1 aliphatic heterocycles. The number of benzene rings is 2. The highest BCUT2D eigenvalue weighted by atomic mass is 32.2. The average molecular weight is 291 g/mol. The highest BCUT2D eigenvalue weighted by Crippen LogP contribution is 2.46. The molecule has 4 rings (SSSR count). The normalized spacial score (nSPS) is 16.9. The molecule has 0 N–H and O–H groups in total. The van der Waals surface area contributed by atoms with Crippen molar-refractivity contribution in [2.75, 3.05) is 0 Å².